The number of para-hydroxylation sites is 1. The number of ether oxygens (including phenoxy) is 1. The second-order valence-corrected chi connectivity index (χ2v) is 8.26. The van der Waals surface area contributed by atoms with Crippen molar-refractivity contribution in [2.24, 2.45) is 0 Å². The minimum absolute atomic E-state index is 0.186. The lowest BCUT2D eigenvalue weighted by molar-refractivity contribution is -0.145. The Balaban J connectivity index is 1.52. The molecular weight excluding hydrogens is 435 g/mol. The number of hydrogen-bond acceptors (Lipinski definition) is 8. The smallest absolute Gasteiger partial charge is 0.451 e. The maximum atomic E-state index is 13.2. The lowest BCUT2D eigenvalue weighted by Crippen LogP contribution is -2.11. The van der Waals surface area contributed by atoms with E-state index in [2.05, 4.69) is 25.5 Å². The van der Waals surface area contributed by atoms with E-state index in [-0.39, 0.29) is 10.5 Å². The van der Waals surface area contributed by atoms with Crippen LogP contribution in [0.25, 0.3) is 10.9 Å². The molecule has 11 heteroatoms. The third-order valence-corrected chi connectivity index (χ3v) is 5.95. The molecule has 1 N–H and O–H groups in total. The number of aromatic nitrogens is 4. The number of nitrogens with zero attached hydrogens (tertiary/aromatic N) is 4. The number of fused-ring (bicyclic) bond motifs is 1. The van der Waals surface area contributed by atoms with Crippen molar-refractivity contribution in [1.82, 2.24) is 20.2 Å². The van der Waals surface area contributed by atoms with E-state index >= 15 is 0 Å². The minimum Gasteiger partial charge on any atom is -0.497 e. The molecule has 0 atom stereocenters. The summed E-state index contributed by atoms with van der Waals surface area (Å²) in [6.45, 7) is 0.526. The van der Waals surface area contributed by atoms with Gasteiger partial charge in [-0.1, -0.05) is 41.7 Å². The molecule has 0 unspecified atom stereocenters. The van der Waals surface area contributed by atoms with Gasteiger partial charge in [0, 0.05) is 11.9 Å². The second kappa shape index (κ2) is 8.44. The average Bonchev–Trinajstić information content (AvgIpc) is 3.19. The van der Waals surface area contributed by atoms with E-state index in [9.17, 15) is 13.2 Å². The van der Waals surface area contributed by atoms with E-state index in [1.165, 1.54) is 17.4 Å². The lowest BCUT2D eigenvalue weighted by Gasteiger charge is -2.09. The van der Waals surface area contributed by atoms with Crippen LogP contribution in [-0.2, 0) is 12.7 Å². The van der Waals surface area contributed by atoms with Gasteiger partial charge in [0.1, 0.15) is 10.8 Å². The Kier molecular flexibility index (Phi) is 5.73. The molecule has 0 radical (unpaired) electrons. The SMILES string of the molecule is COc1ccc(CNc2nnc(Sc3nc(C(F)(F)F)nc4ccccc34)s2)cc1. The molecule has 0 saturated carbocycles. The number of benzene rings is 2. The second-order valence-electron chi connectivity index (χ2n) is 6.04. The van der Waals surface area contributed by atoms with E-state index in [4.69, 9.17) is 4.74 Å². The third kappa shape index (κ3) is 4.62. The van der Waals surface area contributed by atoms with Crippen LogP contribution >= 0.6 is 23.1 Å². The Morgan fingerprint density at radius 2 is 1.80 bits per heavy atom. The summed E-state index contributed by atoms with van der Waals surface area (Å²) in [6, 6.07) is 14.1. The number of hydrogen-bond donors (Lipinski definition) is 1. The van der Waals surface area contributed by atoms with Gasteiger partial charge in [0.05, 0.1) is 12.6 Å². The van der Waals surface area contributed by atoms with Gasteiger partial charge < -0.3 is 10.1 Å². The van der Waals surface area contributed by atoms with Gasteiger partial charge in [-0.3, -0.25) is 0 Å². The Labute approximate surface area is 177 Å². The molecule has 4 rings (SSSR count). The van der Waals surface area contributed by atoms with Crippen molar-refractivity contribution >= 4 is 39.1 Å². The zero-order valence-electron chi connectivity index (χ0n) is 15.5. The minimum atomic E-state index is -4.63. The van der Waals surface area contributed by atoms with Crippen LogP contribution in [0.3, 0.4) is 0 Å². The number of anilines is 1. The Hall–Kier alpha value is -2.92. The van der Waals surface area contributed by atoms with E-state index in [1.54, 1.807) is 25.3 Å². The van der Waals surface area contributed by atoms with E-state index < -0.39 is 12.0 Å². The first-order chi connectivity index (χ1) is 14.4. The number of alkyl halides is 3. The maximum absolute atomic E-state index is 13.2. The van der Waals surface area contributed by atoms with E-state index in [1.807, 2.05) is 24.3 Å². The molecule has 0 aliphatic rings. The van der Waals surface area contributed by atoms with Crippen LogP contribution in [-0.4, -0.2) is 27.3 Å². The van der Waals surface area contributed by atoms with Crippen molar-refractivity contribution in [2.75, 3.05) is 12.4 Å². The van der Waals surface area contributed by atoms with Crippen molar-refractivity contribution in [2.45, 2.75) is 22.1 Å². The molecule has 2 aromatic heterocycles. The standard InChI is InChI=1S/C19H14F3N5OS2/c1-28-12-8-6-11(7-9-12)10-23-17-26-27-18(30-17)29-15-13-4-2-3-5-14(13)24-16(25-15)19(20,21)22/h2-9H,10H2,1H3,(H,23,26). The predicted molar refractivity (Wildman–Crippen MR) is 109 cm³/mol. The molecule has 6 nitrogen and oxygen atoms in total. The first-order valence-corrected chi connectivity index (χ1v) is 10.3. The van der Waals surface area contributed by atoms with Crippen molar-refractivity contribution < 1.29 is 17.9 Å². The number of nitrogens with one attached hydrogen (secondary N) is 1. The molecule has 30 heavy (non-hydrogen) atoms. The van der Waals surface area contributed by atoms with Gasteiger partial charge in [0.2, 0.25) is 11.0 Å². The Morgan fingerprint density at radius 3 is 2.53 bits per heavy atom. The summed E-state index contributed by atoms with van der Waals surface area (Å²) in [6.07, 6.45) is -4.63. The molecule has 154 valence electrons. The van der Waals surface area contributed by atoms with Crippen molar-refractivity contribution in [1.29, 1.82) is 0 Å². The van der Waals surface area contributed by atoms with Crippen LogP contribution in [0, 0.1) is 0 Å². The van der Waals surface area contributed by atoms with E-state index in [0.717, 1.165) is 23.1 Å². The molecule has 0 saturated heterocycles. The highest BCUT2D eigenvalue weighted by molar-refractivity contribution is 8.01. The van der Waals surface area contributed by atoms with Crippen LogP contribution in [0.2, 0.25) is 0 Å². The molecule has 2 aromatic carbocycles. The lowest BCUT2D eigenvalue weighted by atomic mass is 10.2. The fourth-order valence-electron chi connectivity index (χ4n) is 2.58. The largest absolute Gasteiger partial charge is 0.497 e. The fraction of sp³-hybridized carbons (Fsp3) is 0.158. The zero-order chi connectivity index (χ0) is 21.1. The molecule has 2 heterocycles. The van der Waals surface area contributed by atoms with Gasteiger partial charge in [0.15, 0.2) is 4.34 Å². The Bertz CT molecular complexity index is 1170. The maximum Gasteiger partial charge on any atom is 0.451 e. The summed E-state index contributed by atoms with van der Waals surface area (Å²) < 4.78 is 45.1. The first kappa shape index (κ1) is 20.4. The number of rotatable bonds is 6. The van der Waals surface area contributed by atoms with Crippen LogP contribution in [0.1, 0.15) is 11.4 Å². The van der Waals surface area contributed by atoms with Gasteiger partial charge >= 0.3 is 6.18 Å². The van der Waals surface area contributed by atoms with E-state index in [0.29, 0.717) is 21.4 Å². The summed E-state index contributed by atoms with van der Waals surface area (Å²) in [7, 11) is 1.60. The fourth-order valence-corrected chi connectivity index (χ4v) is 4.35. The molecule has 0 aliphatic heterocycles. The summed E-state index contributed by atoms with van der Waals surface area (Å²) in [5.74, 6) is -0.408. The zero-order valence-corrected chi connectivity index (χ0v) is 17.1. The van der Waals surface area contributed by atoms with Gasteiger partial charge in [0.25, 0.3) is 0 Å². The monoisotopic (exact) mass is 449 g/mol. The summed E-state index contributed by atoms with van der Waals surface area (Å²) in [4.78, 5) is 7.35. The number of methoxy groups -OCH3 is 1. The summed E-state index contributed by atoms with van der Waals surface area (Å²) in [5, 5.41) is 12.5. The first-order valence-electron chi connectivity index (χ1n) is 8.64. The Morgan fingerprint density at radius 1 is 1.03 bits per heavy atom. The van der Waals surface area contributed by atoms with Crippen LogP contribution in [0.5, 0.6) is 5.75 Å². The molecule has 0 spiro atoms. The molecule has 0 fully saturated rings. The quantitative estimate of drug-likeness (QED) is 0.402. The van der Waals surface area contributed by atoms with Crippen LogP contribution in [0.4, 0.5) is 18.3 Å². The van der Waals surface area contributed by atoms with Crippen molar-refractivity contribution in [3.05, 3.63) is 59.9 Å². The van der Waals surface area contributed by atoms with Crippen LogP contribution < -0.4 is 10.1 Å². The average molecular weight is 449 g/mol. The highest BCUT2D eigenvalue weighted by atomic mass is 32.2. The molecule has 4 aromatic rings. The summed E-state index contributed by atoms with van der Waals surface area (Å²) >= 11 is 2.27. The third-order valence-electron chi connectivity index (χ3n) is 4.02. The summed E-state index contributed by atoms with van der Waals surface area (Å²) in [5.41, 5.74) is 1.25. The van der Waals surface area contributed by atoms with Crippen molar-refractivity contribution in [3.63, 3.8) is 0 Å². The molecule has 0 bridgehead atoms. The normalized spacial score (nSPS) is 11.6. The van der Waals surface area contributed by atoms with Crippen LogP contribution in [0.15, 0.2) is 57.9 Å². The molecule has 0 amide bonds. The van der Waals surface area contributed by atoms with Gasteiger partial charge in [-0.25, -0.2) is 9.97 Å². The highest BCUT2D eigenvalue weighted by Gasteiger charge is 2.35. The molecule has 0 aliphatic carbocycles. The predicted octanol–water partition coefficient (Wildman–Crippen LogP) is 5.27. The highest BCUT2D eigenvalue weighted by Crippen LogP contribution is 2.37. The topological polar surface area (TPSA) is 72.8 Å². The molecular formula is C19H14F3N5OS2. The number of halogens is 3. The van der Waals surface area contributed by atoms with Gasteiger partial charge in [-0.05, 0) is 35.5 Å². The van der Waals surface area contributed by atoms with Crippen molar-refractivity contribution in [3.8, 4) is 5.75 Å². The van der Waals surface area contributed by atoms with Gasteiger partial charge in [-0.15, -0.1) is 10.2 Å². The van der Waals surface area contributed by atoms with Gasteiger partial charge in [-0.2, -0.15) is 13.2 Å².